The summed E-state index contributed by atoms with van der Waals surface area (Å²) < 4.78 is 5.43. The van der Waals surface area contributed by atoms with Crippen LogP contribution in [0.4, 0.5) is 4.79 Å². The number of carbonyl (C=O) groups is 3. The van der Waals surface area contributed by atoms with E-state index in [1.807, 2.05) is 20.8 Å². The summed E-state index contributed by atoms with van der Waals surface area (Å²) in [5, 5.41) is 11.5. The number of carboxylic acid groups (broad SMARTS) is 1. The average Bonchev–Trinajstić information content (AvgIpc) is 2.77. The van der Waals surface area contributed by atoms with Gasteiger partial charge in [-0.1, -0.05) is 21.6 Å². The highest BCUT2D eigenvalue weighted by atomic mass is 33.1. The Labute approximate surface area is 169 Å². The summed E-state index contributed by atoms with van der Waals surface area (Å²) in [4.78, 5) is 36.4. The zero-order valence-electron chi connectivity index (χ0n) is 16.5. The van der Waals surface area contributed by atoms with Crippen molar-refractivity contribution in [3.05, 3.63) is 0 Å². The molecule has 0 spiro atoms. The summed E-state index contributed by atoms with van der Waals surface area (Å²) in [5.41, 5.74) is -0.493. The SMILES string of the molecule is CC(C)(C)OC(=O)N1CCCC(CC(=O)NCCSSCCC(=O)O)CC1. The molecule has 1 rings (SSSR count). The molecule has 1 aliphatic rings. The minimum Gasteiger partial charge on any atom is -0.481 e. The van der Waals surface area contributed by atoms with Gasteiger partial charge < -0.3 is 20.1 Å². The quantitative estimate of drug-likeness (QED) is 0.436. The second kappa shape index (κ2) is 12.4. The maximum Gasteiger partial charge on any atom is 0.410 e. The molecule has 1 unspecified atom stereocenters. The zero-order valence-corrected chi connectivity index (χ0v) is 18.1. The minimum absolute atomic E-state index is 0.0434. The molecule has 1 aliphatic heterocycles. The lowest BCUT2D eigenvalue weighted by Gasteiger charge is -2.26. The lowest BCUT2D eigenvalue weighted by Crippen LogP contribution is -2.37. The van der Waals surface area contributed by atoms with Crippen LogP contribution in [0.1, 0.15) is 52.9 Å². The van der Waals surface area contributed by atoms with Crippen LogP contribution in [0.15, 0.2) is 0 Å². The predicted octanol–water partition coefficient (Wildman–Crippen LogP) is 3.39. The summed E-state index contributed by atoms with van der Waals surface area (Å²) in [7, 11) is 3.09. The molecule has 0 saturated carbocycles. The molecule has 1 saturated heterocycles. The number of hydrogen-bond donors (Lipinski definition) is 2. The highest BCUT2D eigenvalue weighted by Gasteiger charge is 2.25. The van der Waals surface area contributed by atoms with E-state index in [0.717, 1.165) is 25.0 Å². The van der Waals surface area contributed by atoms with Gasteiger partial charge in [-0.15, -0.1) is 0 Å². The van der Waals surface area contributed by atoms with Gasteiger partial charge in [0, 0.05) is 37.6 Å². The van der Waals surface area contributed by atoms with E-state index in [9.17, 15) is 14.4 Å². The molecule has 0 bridgehead atoms. The van der Waals surface area contributed by atoms with E-state index in [0.29, 0.717) is 31.8 Å². The van der Waals surface area contributed by atoms with Crippen LogP contribution in [0.5, 0.6) is 0 Å². The smallest absolute Gasteiger partial charge is 0.410 e. The van der Waals surface area contributed by atoms with Crippen LogP contribution in [0.2, 0.25) is 0 Å². The van der Waals surface area contributed by atoms with E-state index < -0.39 is 11.6 Å². The lowest BCUT2D eigenvalue weighted by atomic mass is 9.96. The van der Waals surface area contributed by atoms with Crippen molar-refractivity contribution in [2.45, 2.75) is 58.5 Å². The Bertz CT molecular complexity index is 497. The monoisotopic (exact) mass is 420 g/mol. The molecule has 27 heavy (non-hydrogen) atoms. The molecule has 1 atom stereocenters. The first kappa shape index (κ1) is 23.9. The fourth-order valence-electron chi connectivity index (χ4n) is 2.69. The number of likely N-dealkylation sites (tertiary alicyclic amines) is 1. The van der Waals surface area contributed by atoms with E-state index in [-0.39, 0.29) is 24.3 Å². The van der Waals surface area contributed by atoms with Crippen LogP contribution in [-0.2, 0) is 14.3 Å². The van der Waals surface area contributed by atoms with Gasteiger partial charge in [0.05, 0.1) is 6.42 Å². The fourth-order valence-corrected chi connectivity index (χ4v) is 4.58. The topological polar surface area (TPSA) is 95.9 Å². The lowest BCUT2D eigenvalue weighted by molar-refractivity contribution is -0.136. The zero-order chi connectivity index (χ0) is 20.3. The van der Waals surface area contributed by atoms with Gasteiger partial charge in [0.15, 0.2) is 0 Å². The normalized spacial score (nSPS) is 17.9. The first-order valence-electron chi connectivity index (χ1n) is 9.38. The molecule has 2 N–H and O–H groups in total. The van der Waals surface area contributed by atoms with Gasteiger partial charge in [-0.05, 0) is 46.0 Å². The van der Waals surface area contributed by atoms with Crippen molar-refractivity contribution in [1.82, 2.24) is 10.2 Å². The van der Waals surface area contributed by atoms with Gasteiger partial charge in [-0.25, -0.2) is 4.79 Å². The molecule has 1 fully saturated rings. The van der Waals surface area contributed by atoms with Crippen LogP contribution in [0.3, 0.4) is 0 Å². The number of carbonyl (C=O) groups excluding carboxylic acids is 2. The maximum absolute atomic E-state index is 12.2. The van der Waals surface area contributed by atoms with Crippen LogP contribution < -0.4 is 5.32 Å². The van der Waals surface area contributed by atoms with Crippen molar-refractivity contribution in [1.29, 1.82) is 0 Å². The molecule has 0 aromatic carbocycles. The molecule has 2 amide bonds. The van der Waals surface area contributed by atoms with Crippen molar-refractivity contribution in [2.24, 2.45) is 5.92 Å². The highest BCUT2D eigenvalue weighted by molar-refractivity contribution is 8.76. The van der Waals surface area contributed by atoms with Gasteiger partial charge in [0.1, 0.15) is 5.60 Å². The maximum atomic E-state index is 12.2. The molecular weight excluding hydrogens is 388 g/mol. The first-order valence-corrected chi connectivity index (χ1v) is 11.9. The number of carboxylic acids is 1. The van der Waals surface area contributed by atoms with Crippen LogP contribution in [0, 0.1) is 5.92 Å². The summed E-state index contributed by atoms with van der Waals surface area (Å²) in [6.45, 7) is 7.47. The Morgan fingerprint density at radius 2 is 1.85 bits per heavy atom. The van der Waals surface area contributed by atoms with Crippen LogP contribution >= 0.6 is 21.6 Å². The standard InChI is InChI=1S/C18H32N2O5S2/c1-18(2,3)25-17(24)20-9-4-5-14(6-10-20)13-15(21)19-8-12-27-26-11-7-16(22)23/h14H,4-13H2,1-3H3,(H,19,21)(H,22,23). The van der Waals surface area contributed by atoms with E-state index in [2.05, 4.69) is 5.32 Å². The second-order valence-electron chi connectivity index (χ2n) is 7.61. The Hall–Kier alpha value is -1.09. The average molecular weight is 421 g/mol. The van der Waals surface area contributed by atoms with Crippen molar-refractivity contribution in [3.63, 3.8) is 0 Å². The number of nitrogens with zero attached hydrogens (tertiary/aromatic N) is 1. The molecule has 0 aromatic heterocycles. The van der Waals surface area contributed by atoms with Crippen LogP contribution in [0.25, 0.3) is 0 Å². The van der Waals surface area contributed by atoms with Gasteiger partial charge in [0.2, 0.25) is 5.91 Å². The Kier molecular flexibility index (Phi) is 11.0. The third kappa shape index (κ3) is 12.1. The van der Waals surface area contributed by atoms with Crippen molar-refractivity contribution >= 4 is 39.6 Å². The molecule has 156 valence electrons. The van der Waals surface area contributed by atoms with Crippen molar-refractivity contribution < 1.29 is 24.2 Å². The summed E-state index contributed by atoms with van der Waals surface area (Å²) in [5.74, 6) is 0.874. The number of hydrogen-bond acceptors (Lipinski definition) is 6. The van der Waals surface area contributed by atoms with E-state index in [1.165, 1.54) is 10.8 Å². The van der Waals surface area contributed by atoms with Crippen molar-refractivity contribution in [2.75, 3.05) is 31.1 Å². The number of ether oxygens (including phenoxy) is 1. The molecule has 7 nitrogen and oxygen atoms in total. The molecular formula is C18H32N2O5S2. The number of aliphatic carboxylic acids is 1. The van der Waals surface area contributed by atoms with Crippen molar-refractivity contribution in [3.8, 4) is 0 Å². The van der Waals surface area contributed by atoms with Gasteiger partial charge >= 0.3 is 12.1 Å². The Morgan fingerprint density at radius 1 is 1.15 bits per heavy atom. The first-order chi connectivity index (χ1) is 12.7. The molecule has 0 aliphatic carbocycles. The molecule has 0 radical (unpaired) electrons. The number of nitrogens with one attached hydrogen (secondary N) is 1. The molecule has 9 heteroatoms. The molecule has 0 aromatic rings. The Morgan fingerprint density at radius 3 is 2.52 bits per heavy atom. The molecule has 1 heterocycles. The highest BCUT2D eigenvalue weighted by Crippen LogP contribution is 2.23. The van der Waals surface area contributed by atoms with Crippen LogP contribution in [-0.4, -0.2) is 64.7 Å². The second-order valence-corrected chi connectivity index (χ2v) is 10.3. The third-order valence-electron chi connectivity index (χ3n) is 3.96. The van der Waals surface area contributed by atoms with E-state index >= 15 is 0 Å². The van der Waals surface area contributed by atoms with Gasteiger partial charge in [-0.3, -0.25) is 9.59 Å². The largest absolute Gasteiger partial charge is 0.481 e. The number of rotatable bonds is 9. The predicted molar refractivity (Wildman–Crippen MR) is 110 cm³/mol. The number of amides is 2. The minimum atomic E-state index is -0.787. The summed E-state index contributed by atoms with van der Waals surface area (Å²) >= 11 is 0. The van der Waals surface area contributed by atoms with E-state index in [1.54, 1.807) is 15.7 Å². The third-order valence-corrected chi connectivity index (χ3v) is 6.37. The summed E-state index contributed by atoms with van der Waals surface area (Å²) in [6, 6.07) is 0. The van der Waals surface area contributed by atoms with E-state index in [4.69, 9.17) is 9.84 Å². The van der Waals surface area contributed by atoms with Gasteiger partial charge in [0.25, 0.3) is 0 Å². The fraction of sp³-hybridized carbons (Fsp3) is 0.833. The summed E-state index contributed by atoms with van der Waals surface area (Å²) in [6.07, 6.45) is 3.00. The Balaban J connectivity index is 2.18. The van der Waals surface area contributed by atoms with Gasteiger partial charge in [-0.2, -0.15) is 0 Å².